The fourth-order valence-electron chi connectivity index (χ4n) is 3.29. The molecule has 0 bridgehead atoms. The average Bonchev–Trinajstić information content (AvgIpc) is 2.83. The van der Waals surface area contributed by atoms with E-state index in [1.54, 1.807) is 43.8 Å². The lowest BCUT2D eigenvalue weighted by atomic mass is 10.3. The van der Waals surface area contributed by atoms with Crippen LogP contribution in [0.2, 0.25) is 0 Å². The van der Waals surface area contributed by atoms with Gasteiger partial charge in [-0.2, -0.15) is 0 Å². The van der Waals surface area contributed by atoms with Gasteiger partial charge in [0.05, 0.1) is 0 Å². The van der Waals surface area contributed by atoms with Gasteiger partial charge in [-0.25, -0.2) is 19.3 Å². The SMILES string of the molecule is CN=C(NCc1ccc(Oc2ccc(F)cc2)nc1)N1CCN(c2ncccn2)CC1.I. The highest BCUT2D eigenvalue weighted by Gasteiger charge is 2.21. The van der Waals surface area contributed by atoms with Gasteiger partial charge in [-0.3, -0.25) is 4.99 Å². The van der Waals surface area contributed by atoms with Crippen molar-refractivity contribution in [3.05, 3.63) is 72.4 Å². The van der Waals surface area contributed by atoms with E-state index >= 15 is 0 Å². The highest BCUT2D eigenvalue weighted by molar-refractivity contribution is 14.0. The minimum absolute atomic E-state index is 0. The third-order valence-electron chi connectivity index (χ3n) is 4.91. The van der Waals surface area contributed by atoms with Crippen LogP contribution in [0.25, 0.3) is 0 Å². The van der Waals surface area contributed by atoms with E-state index < -0.39 is 0 Å². The summed E-state index contributed by atoms with van der Waals surface area (Å²) in [6, 6.07) is 11.4. The van der Waals surface area contributed by atoms with Crippen molar-refractivity contribution >= 4 is 35.9 Å². The Balaban J connectivity index is 0.00000289. The number of ether oxygens (including phenoxy) is 1. The minimum atomic E-state index is -0.301. The molecule has 1 saturated heterocycles. The molecule has 3 aromatic rings. The van der Waals surface area contributed by atoms with Crippen molar-refractivity contribution in [1.82, 2.24) is 25.2 Å². The Morgan fingerprint density at radius 3 is 2.38 bits per heavy atom. The van der Waals surface area contributed by atoms with E-state index in [0.29, 0.717) is 18.2 Å². The highest BCUT2D eigenvalue weighted by atomic mass is 127. The van der Waals surface area contributed by atoms with Gasteiger partial charge in [0.15, 0.2) is 5.96 Å². The molecule has 0 atom stereocenters. The van der Waals surface area contributed by atoms with Crippen molar-refractivity contribution < 1.29 is 9.13 Å². The topological polar surface area (TPSA) is 78.8 Å². The Hall–Kier alpha value is -3.02. The summed E-state index contributed by atoms with van der Waals surface area (Å²) in [4.78, 5) is 21.8. The first-order chi connectivity index (χ1) is 15.2. The largest absolute Gasteiger partial charge is 0.439 e. The number of halogens is 2. The summed E-state index contributed by atoms with van der Waals surface area (Å²) in [6.45, 7) is 3.93. The molecule has 8 nitrogen and oxygen atoms in total. The zero-order chi connectivity index (χ0) is 21.5. The zero-order valence-electron chi connectivity index (χ0n) is 17.7. The number of guanidine groups is 1. The molecule has 0 radical (unpaired) electrons. The Morgan fingerprint density at radius 1 is 1.03 bits per heavy atom. The number of hydrogen-bond donors (Lipinski definition) is 1. The Bertz CT molecular complexity index is 995. The summed E-state index contributed by atoms with van der Waals surface area (Å²) in [5.74, 6) is 2.31. The Morgan fingerprint density at radius 2 is 1.75 bits per heavy atom. The first-order valence-corrected chi connectivity index (χ1v) is 10.1. The van der Waals surface area contributed by atoms with E-state index in [4.69, 9.17) is 4.74 Å². The summed E-state index contributed by atoms with van der Waals surface area (Å²) in [7, 11) is 1.78. The van der Waals surface area contributed by atoms with Crippen LogP contribution in [-0.2, 0) is 6.54 Å². The molecule has 1 aromatic carbocycles. The second kappa shape index (κ2) is 11.6. The summed E-state index contributed by atoms with van der Waals surface area (Å²) in [6.07, 6.45) is 5.28. The van der Waals surface area contributed by atoms with Gasteiger partial charge in [0.1, 0.15) is 11.6 Å². The van der Waals surface area contributed by atoms with E-state index in [2.05, 4.69) is 35.1 Å². The van der Waals surface area contributed by atoms with Crippen LogP contribution in [0.5, 0.6) is 11.6 Å². The molecule has 1 N–H and O–H groups in total. The summed E-state index contributed by atoms with van der Waals surface area (Å²) >= 11 is 0. The van der Waals surface area contributed by atoms with Gasteiger partial charge in [0, 0.05) is 64.4 Å². The number of benzene rings is 1. The van der Waals surface area contributed by atoms with E-state index in [0.717, 1.165) is 43.7 Å². The van der Waals surface area contributed by atoms with E-state index in [1.807, 2.05) is 12.1 Å². The quantitative estimate of drug-likeness (QED) is 0.297. The number of anilines is 1. The van der Waals surface area contributed by atoms with Crippen LogP contribution >= 0.6 is 24.0 Å². The fourth-order valence-corrected chi connectivity index (χ4v) is 3.29. The molecule has 32 heavy (non-hydrogen) atoms. The lowest BCUT2D eigenvalue weighted by molar-refractivity contribution is 0.370. The number of aromatic nitrogens is 3. The summed E-state index contributed by atoms with van der Waals surface area (Å²) in [5, 5.41) is 3.39. The van der Waals surface area contributed by atoms with Gasteiger partial charge >= 0.3 is 0 Å². The molecule has 0 aliphatic carbocycles. The summed E-state index contributed by atoms with van der Waals surface area (Å²) < 4.78 is 18.6. The predicted molar refractivity (Wildman–Crippen MR) is 132 cm³/mol. The maximum atomic E-state index is 13.0. The van der Waals surface area contributed by atoms with Crippen LogP contribution in [-0.4, -0.2) is 59.0 Å². The number of nitrogens with one attached hydrogen (secondary N) is 1. The van der Waals surface area contributed by atoms with E-state index in [-0.39, 0.29) is 29.8 Å². The number of aliphatic imine (C=N–C) groups is 1. The lowest BCUT2D eigenvalue weighted by Gasteiger charge is -2.36. The first kappa shape index (κ1) is 23.6. The van der Waals surface area contributed by atoms with Crippen molar-refractivity contribution in [3.63, 3.8) is 0 Å². The van der Waals surface area contributed by atoms with Crippen LogP contribution in [0.1, 0.15) is 5.56 Å². The van der Waals surface area contributed by atoms with Crippen molar-refractivity contribution in [1.29, 1.82) is 0 Å². The van der Waals surface area contributed by atoms with Crippen molar-refractivity contribution in [2.45, 2.75) is 6.54 Å². The van der Waals surface area contributed by atoms with Crippen LogP contribution in [0.4, 0.5) is 10.3 Å². The van der Waals surface area contributed by atoms with Crippen molar-refractivity contribution in [3.8, 4) is 11.6 Å². The number of hydrogen-bond acceptors (Lipinski definition) is 6. The molecule has 10 heteroatoms. The Labute approximate surface area is 203 Å². The second-order valence-corrected chi connectivity index (χ2v) is 6.98. The molecular weight excluding hydrogens is 524 g/mol. The zero-order valence-corrected chi connectivity index (χ0v) is 20.0. The number of piperazine rings is 1. The molecule has 168 valence electrons. The van der Waals surface area contributed by atoms with Gasteiger partial charge in [-0.15, -0.1) is 24.0 Å². The standard InChI is InChI=1S/C22H24FN7O.HI/c1-24-21(29-11-13-30(14-12-29)22-25-9-2-10-26-22)28-16-17-3-8-20(27-15-17)31-19-6-4-18(23)5-7-19;/h2-10,15H,11-14,16H2,1H3,(H,24,28);1H. The molecule has 1 aliphatic heterocycles. The van der Waals surface area contributed by atoms with E-state index in [1.165, 1.54) is 12.1 Å². The molecule has 1 aliphatic rings. The molecule has 0 spiro atoms. The predicted octanol–water partition coefficient (Wildman–Crippen LogP) is 3.32. The molecule has 0 amide bonds. The van der Waals surface area contributed by atoms with Gasteiger partial charge in [0.2, 0.25) is 11.8 Å². The van der Waals surface area contributed by atoms with E-state index in [9.17, 15) is 4.39 Å². The lowest BCUT2D eigenvalue weighted by Crippen LogP contribution is -2.52. The maximum Gasteiger partial charge on any atom is 0.225 e. The molecule has 0 unspecified atom stereocenters. The van der Waals surface area contributed by atoms with Gasteiger partial charge < -0.3 is 19.9 Å². The maximum absolute atomic E-state index is 13.0. The molecule has 0 saturated carbocycles. The monoisotopic (exact) mass is 549 g/mol. The molecular formula is C22H25FIN7O. The van der Waals surface area contributed by atoms with Crippen molar-refractivity contribution in [2.75, 3.05) is 38.1 Å². The molecule has 2 aromatic heterocycles. The fraction of sp³-hybridized carbons (Fsp3) is 0.273. The van der Waals surface area contributed by atoms with Gasteiger partial charge in [-0.1, -0.05) is 6.07 Å². The molecule has 1 fully saturated rings. The number of rotatable bonds is 5. The van der Waals surface area contributed by atoms with Gasteiger partial charge in [0.25, 0.3) is 0 Å². The van der Waals surface area contributed by atoms with Gasteiger partial charge in [-0.05, 0) is 35.9 Å². The highest BCUT2D eigenvalue weighted by Crippen LogP contribution is 2.19. The normalized spacial score (nSPS) is 14.0. The van der Waals surface area contributed by atoms with Crippen molar-refractivity contribution in [2.24, 2.45) is 4.99 Å². The third kappa shape index (κ3) is 6.25. The second-order valence-electron chi connectivity index (χ2n) is 6.98. The van der Waals surface area contributed by atoms with Crippen LogP contribution < -0.4 is 15.0 Å². The third-order valence-corrected chi connectivity index (χ3v) is 4.91. The molecule has 4 rings (SSSR count). The number of nitrogens with zero attached hydrogens (tertiary/aromatic N) is 6. The summed E-state index contributed by atoms with van der Waals surface area (Å²) in [5.41, 5.74) is 1.00. The average molecular weight is 549 g/mol. The molecule has 3 heterocycles. The van der Waals surface area contributed by atoms with Crippen LogP contribution in [0.15, 0.2) is 66.0 Å². The minimum Gasteiger partial charge on any atom is -0.439 e. The first-order valence-electron chi connectivity index (χ1n) is 10.1. The number of pyridine rings is 1. The smallest absolute Gasteiger partial charge is 0.225 e. The van der Waals surface area contributed by atoms with Crippen LogP contribution in [0.3, 0.4) is 0 Å². The Kier molecular flexibility index (Phi) is 8.54. The van der Waals surface area contributed by atoms with Crippen LogP contribution in [0, 0.1) is 5.82 Å².